The van der Waals surface area contributed by atoms with Crippen LogP contribution in [0.5, 0.6) is 5.75 Å². The van der Waals surface area contributed by atoms with E-state index in [9.17, 15) is 19.6 Å². The van der Waals surface area contributed by atoms with E-state index < -0.39 is 11.9 Å². The Balaban J connectivity index is 1.74. The van der Waals surface area contributed by atoms with Gasteiger partial charge >= 0.3 is 5.97 Å². The summed E-state index contributed by atoms with van der Waals surface area (Å²) in [6.07, 6.45) is 0.0977. The number of carbonyl (C=O) groups excluding carboxylic acids is 3. The average Bonchev–Trinajstić information content (AvgIpc) is 2.82. The molecule has 32 heavy (non-hydrogen) atoms. The minimum Gasteiger partial charge on any atom is -0.497 e. The highest BCUT2D eigenvalue weighted by Crippen LogP contribution is 2.36. The fourth-order valence-electron chi connectivity index (χ4n) is 3.22. The fraction of sp³-hybridized carbons (Fsp3) is 0.217. The van der Waals surface area contributed by atoms with Gasteiger partial charge in [-0.3, -0.25) is 9.59 Å². The molecular formula is C23H21N3O5S. The van der Waals surface area contributed by atoms with Crippen LogP contribution >= 0.6 is 11.8 Å². The third kappa shape index (κ3) is 5.47. The van der Waals surface area contributed by atoms with E-state index in [0.29, 0.717) is 27.6 Å². The Morgan fingerprint density at radius 1 is 1.22 bits per heavy atom. The number of nitrogens with one attached hydrogen (secondary N) is 2. The lowest BCUT2D eigenvalue weighted by atomic mass is 9.87. The molecule has 2 N–H and O–H groups in total. The van der Waals surface area contributed by atoms with Crippen LogP contribution in [0.25, 0.3) is 0 Å². The Morgan fingerprint density at radius 2 is 1.97 bits per heavy atom. The molecule has 0 aromatic heterocycles. The first-order chi connectivity index (χ1) is 15.4. The van der Waals surface area contributed by atoms with Crippen LogP contribution in [0.2, 0.25) is 0 Å². The molecule has 1 heterocycles. The second-order valence-electron chi connectivity index (χ2n) is 6.84. The largest absolute Gasteiger partial charge is 0.497 e. The summed E-state index contributed by atoms with van der Waals surface area (Å²) in [4.78, 5) is 36.3. The first-order valence-corrected chi connectivity index (χ1v) is 10.6. The Kier molecular flexibility index (Phi) is 7.52. The molecule has 0 unspecified atom stereocenters. The van der Waals surface area contributed by atoms with E-state index in [1.165, 1.54) is 14.2 Å². The van der Waals surface area contributed by atoms with Gasteiger partial charge in [-0.05, 0) is 29.8 Å². The molecule has 8 nitrogen and oxygen atoms in total. The number of carbonyl (C=O) groups is 3. The fourth-order valence-corrected chi connectivity index (χ4v) is 4.10. The molecule has 0 saturated carbocycles. The van der Waals surface area contributed by atoms with Gasteiger partial charge in [0.25, 0.3) is 0 Å². The second-order valence-corrected chi connectivity index (χ2v) is 7.83. The van der Waals surface area contributed by atoms with Gasteiger partial charge in [0.15, 0.2) is 0 Å². The topological polar surface area (TPSA) is 118 Å². The molecule has 2 aromatic rings. The standard InChI is InChI=1S/C23H21N3O5S/c1-30-17-5-3-4-16(10-17)25-21(28)13-32-22-19(12-24)18(11-20(27)26-22)14-6-8-15(9-7-14)23(29)31-2/h3-10,18H,11,13H2,1-2H3,(H,25,28)(H,26,27)/t18-/m1/s1. The zero-order valence-electron chi connectivity index (χ0n) is 17.5. The van der Waals surface area contributed by atoms with Gasteiger partial charge in [0.05, 0.1) is 42.2 Å². The van der Waals surface area contributed by atoms with E-state index in [1.54, 1.807) is 48.5 Å². The summed E-state index contributed by atoms with van der Waals surface area (Å²) in [6, 6.07) is 15.7. The first-order valence-electron chi connectivity index (χ1n) is 9.64. The minimum absolute atomic E-state index is 0.00595. The number of hydrogen-bond acceptors (Lipinski definition) is 7. The smallest absolute Gasteiger partial charge is 0.337 e. The van der Waals surface area contributed by atoms with Crippen LogP contribution < -0.4 is 15.4 Å². The van der Waals surface area contributed by atoms with Crippen LogP contribution in [-0.4, -0.2) is 37.8 Å². The Bertz CT molecular complexity index is 1110. The first kappa shape index (κ1) is 22.9. The average molecular weight is 452 g/mol. The van der Waals surface area contributed by atoms with Crippen molar-refractivity contribution < 1.29 is 23.9 Å². The zero-order valence-corrected chi connectivity index (χ0v) is 18.3. The van der Waals surface area contributed by atoms with Crippen molar-refractivity contribution in [2.45, 2.75) is 12.3 Å². The number of amides is 2. The number of thioether (sulfide) groups is 1. The van der Waals surface area contributed by atoms with Gasteiger partial charge in [-0.2, -0.15) is 5.26 Å². The lowest BCUT2D eigenvalue weighted by Gasteiger charge is -2.25. The highest BCUT2D eigenvalue weighted by atomic mass is 32.2. The van der Waals surface area contributed by atoms with Gasteiger partial charge in [-0.1, -0.05) is 30.0 Å². The summed E-state index contributed by atoms with van der Waals surface area (Å²) in [5.74, 6) is -0.845. The van der Waals surface area contributed by atoms with Crippen molar-refractivity contribution in [1.29, 1.82) is 5.26 Å². The van der Waals surface area contributed by atoms with Gasteiger partial charge in [-0.15, -0.1) is 0 Å². The van der Waals surface area contributed by atoms with E-state index in [1.807, 2.05) is 0 Å². The Hall–Kier alpha value is -3.77. The van der Waals surface area contributed by atoms with Crippen LogP contribution in [0.4, 0.5) is 5.69 Å². The molecule has 1 aliphatic rings. The number of esters is 1. The van der Waals surface area contributed by atoms with Gasteiger partial charge < -0.3 is 20.1 Å². The number of nitriles is 1. The Labute approximate surface area is 189 Å². The number of benzene rings is 2. The van der Waals surface area contributed by atoms with Crippen molar-refractivity contribution in [2.75, 3.05) is 25.3 Å². The molecule has 1 aliphatic heterocycles. The van der Waals surface area contributed by atoms with Gasteiger partial charge in [0, 0.05) is 24.1 Å². The third-order valence-corrected chi connectivity index (χ3v) is 5.81. The number of rotatable bonds is 7. The molecule has 0 spiro atoms. The number of allylic oxidation sites excluding steroid dienone is 1. The molecule has 0 radical (unpaired) electrons. The quantitative estimate of drug-likeness (QED) is 0.621. The summed E-state index contributed by atoms with van der Waals surface area (Å²) in [5.41, 5.74) is 2.06. The predicted octanol–water partition coefficient (Wildman–Crippen LogP) is 3.19. The van der Waals surface area contributed by atoms with Crippen LogP contribution in [0.15, 0.2) is 59.1 Å². The number of ether oxygens (including phenoxy) is 2. The molecule has 0 aliphatic carbocycles. The Morgan fingerprint density at radius 3 is 2.62 bits per heavy atom. The maximum absolute atomic E-state index is 12.4. The lowest BCUT2D eigenvalue weighted by Crippen LogP contribution is -2.31. The van der Waals surface area contributed by atoms with Crippen LogP contribution in [-0.2, 0) is 14.3 Å². The molecule has 2 aromatic carbocycles. The van der Waals surface area contributed by atoms with Crippen molar-refractivity contribution >= 4 is 35.2 Å². The summed E-state index contributed by atoms with van der Waals surface area (Å²) in [7, 11) is 2.84. The molecule has 1 atom stereocenters. The molecule has 3 rings (SSSR count). The van der Waals surface area contributed by atoms with Crippen LogP contribution in [0.3, 0.4) is 0 Å². The van der Waals surface area contributed by atoms with E-state index in [-0.39, 0.29) is 24.0 Å². The minimum atomic E-state index is -0.468. The van der Waals surface area contributed by atoms with E-state index in [0.717, 1.165) is 17.3 Å². The highest BCUT2D eigenvalue weighted by molar-refractivity contribution is 8.03. The van der Waals surface area contributed by atoms with Crippen LogP contribution in [0.1, 0.15) is 28.3 Å². The van der Waals surface area contributed by atoms with Crippen molar-refractivity contribution in [2.24, 2.45) is 0 Å². The van der Waals surface area contributed by atoms with Crippen molar-refractivity contribution in [1.82, 2.24) is 5.32 Å². The molecule has 0 fully saturated rings. The third-order valence-electron chi connectivity index (χ3n) is 4.79. The summed E-state index contributed by atoms with van der Waals surface area (Å²) in [5, 5.41) is 15.6. The summed E-state index contributed by atoms with van der Waals surface area (Å²) < 4.78 is 9.83. The van der Waals surface area contributed by atoms with Crippen molar-refractivity contribution in [3.63, 3.8) is 0 Å². The zero-order chi connectivity index (χ0) is 23.1. The molecular weight excluding hydrogens is 430 g/mol. The van der Waals surface area contributed by atoms with E-state index in [2.05, 4.69) is 16.7 Å². The van der Waals surface area contributed by atoms with Crippen molar-refractivity contribution in [3.05, 3.63) is 70.3 Å². The molecule has 0 saturated heterocycles. The molecule has 2 amide bonds. The number of nitrogens with zero attached hydrogens (tertiary/aromatic N) is 1. The van der Waals surface area contributed by atoms with Crippen LogP contribution in [0, 0.1) is 11.3 Å². The number of hydrogen-bond donors (Lipinski definition) is 2. The molecule has 9 heteroatoms. The van der Waals surface area contributed by atoms with E-state index in [4.69, 9.17) is 9.47 Å². The highest BCUT2D eigenvalue weighted by Gasteiger charge is 2.30. The maximum atomic E-state index is 12.4. The lowest BCUT2D eigenvalue weighted by molar-refractivity contribution is -0.121. The maximum Gasteiger partial charge on any atom is 0.337 e. The SMILES string of the molecule is COC(=O)c1ccc([C@H]2CC(=O)NC(SCC(=O)Nc3cccc(OC)c3)=C2C#N)cc1. The molecule has 164 valence electrons. The number of anilines is 1. The van der Waals surface area contributed by atoms with Gasteiger partial charge in [-0.25, -0.2) is 4.79 Å². The molecule has 0 bridgehead atoms. The van der Waals surface area contributed by atoms with Crippen molar-refractivity contribution in [3.8, 4) is 11.8 Å². The van der Waals surface area contributed by atoms with Gasteiger partial charge in [0.2, 0.25) is 11.8 Å². The second kappa shape index (κ2) is 10.5. The number of methoxy groups -OCH3 is 2. The van der Waals surface area contributed by atoms with E-state index >= 15 is 0 Å². The summed E-state index contributed by atoms with van der Waals surface area (Å²) >= 11 is 1.09. The normalized spacial score (nSPS) is 15.4. The summed E-state index contributed by atoms with van der Waals surface area (Å²) in [6.45, 7) is 0. The predicted molar refractivity (Wildman–Crippen MR) is 120 cm³/mol. The van der Waals surface area contributed by atoms with Gasteiger partial charge in [0.1, 0.15) is 5.75 Å². The monoisotopic (exact) mass is 451 g/mol.